The van der Waals surface area contributed by atoms with Crippen molar-refractivity contribution in [3.8, 4) is 5.75 Å². The number of quaternary nitrogens is 1. The van der Waals surface area contributed by atoms with Gasteiger partial charge in [-0.15, -0.1) is 11.3 Å². The highest BCUT2D eigenvalue weighted by Gasteiger charge is 2.21. The summed E-state index contributed by atoms with van der Waals surface area (Å²) in [4.78, 5) is 18.1. The topological polar surface area (TPSA) is 55.7 Å². The fourth-order valence-corrected chi connectivity index (χ4v) is 4.18. The molecule has 0 aliphatic heterocycles. The molecule has 5 nitrogen and oxygen atoms in total. The highest BCUT2D eigenvalue weighted by molar-refractivity contribution is 7.18. The summed E-state index contributed by atoms with van der Waals surface area (Å²) in [6, 6.07) is 14.4. The normalized spacial score (nSPS) is 13.3. The Morgan fingerprint density at radius 3 is 2.79 bits per heavy atom. The van der Waals surface area contributed by atoms with Gasteiger partial charge in [0.05, 0.1) is 23.8 Å². The average molecular weight is 399 g/mol. The molecule has 2 aromatic carbocycles. The van der Waals surface area contributed by atoms with Crippen LogP contribution in [0.2, 0.25) is 0 Å². The molecule has 0 aliphatic rings. The van der Waals surface area contributed by atoms with Gasteiger partial charge in [0.15, 0.2) is 11.6 Å². The number of fused-ring (bicyclic) bond motifs is 1. The lowest BCUT2D eigenvalue weighted by molar-refractivity contribution is -0.902. The number of likely N-dealkylation sites (N-methyl/N-ethyl adjacent to an activating group) is 1. The van der Waals surface area contributed by atoms with E-state index in [2.05, 4.69) is 31.3 Å². The number of aryl methyl sites for hydroxylation is 2. The van der Waals surface area contributed by atoms with Crippen LogP contribution < -0.4 is 15.0 Å². The first-order chi connectivity index (χ1) is 13.4. The lowest BCUT2D eigenvalue weighted by Gasteiger charge is -2.19. The van der Waals surface area contributed by atoms with Crippen molar-refractivity contribution in [1.29, 1.82) is 0 Å². The van der Waals surface area contributed by atoms with Gasteiger partial charge in [-0.05, 0) is 44.5 Å². The van der Waals surface area contributed by atoms with Crippen molar-refractivity contribution in [3.05, 3.63) is 58.6 Å². The first-order valence-electron chi connectivity index (χ1n) is 9.58. The standard InChI is InChI=1S/C22H27N3O2S/c1-15-9-10-19(16(2)13-15)27-12-11-23-21(26)14-25(4)17(3)22-24-18-7-5-6-8-20(18)28-22/h5-10,13,17H,11-12,14H2,1-4H3,(H,23,26)/p+1/t17-/m1/s1. The van der Waals surface area contributed by atoms with Gasteiger partial charge in [-0.25, -0.2) is 4.98 Å². The predicted molar refractivity (Wildman–Crippen MR) is 114 cm³/mol. The lowest BCUT2D eigenvalue weighted by atomic mass is 10.1. The van der Waals surface area contributed by atoms with Crippen molar-refractivity contribution in [2.75, 3.05) is 26.7 Å². The zero-order chi connectivity index (χ0) is 20.1. The molecule has 3 aromatic rings. The number of carbonyl (C=O) groups is 1. The summed E-state index contributed by atoms with van der Waals surface area (Å²) in [5, 5.41) is 4.01. The lowest BCUT2D eigenvalue weighted by Crippen LogP contribution is -3.10. The fraction of sp³-hybridized carbons (Fsp3) is 0.364. The van der Waals surface area contributed by atoms with Gasteiger partial charge in [0.25, 0.3) is 5.91 Å². The molecule has 2 N–H and O–H groups in total. The molecule has 2 atom stereocenters. The third-order valence-electron chi connectivity index (χ3n) is 4.87. The molecule has 3 rings (SSSR count). The molecule has 1 amide bonds. The van der Waals surface area contributed by atoms with Gasteiger partial charge in [0.1, 0.15) is 18.4 Å². The van der Waals surface area contributed by atoms with E-state index in [0.29, 0.717) is 19.7 Å². The summed E-state index contributed by atoms with van der Waals surface area (Å²) >= 11 is 1.70. The molecule has 0 aliphatic carbocycles. The van der Waals surface area contributed by atoms with E-state index in [1.54, 1.807) is 11.3 Å². The summed E-state index contributed by atoms with van der Waals surface area (Å²) < 4.78 is 6.95. The minimum absolute atomic E-state index is 0.0229. The second kappa shape index (κ2) is 9.17. The summed E-state index contributed by atoms with van der Waals surface area (Å²) in [6.07, 6.45) is 0. The summed E-state index contributed by atoms with van der Waals surface area (Å²) in [6.45, 7) is 7.56. The Morgan fingerprint density at radius 2 is 2.04 bits per heavy atom. The molecule has 0 spiro atoms. The van der Waals surface area contributed by atoms with E-state index >= 15 is 0 Å². The number of carbonyl (C=O) groups excluding carboxylic acids is 1. The van der Waals surface area contributed by atoms with Gasteiger partial charge in [0.2, 0.25) is 0 Å². The molecule has 0 saturated heterocycles. The van der Waals surface area contributed by atoms with Gasteiger partial charge in [0, 0.05) is 0 Å². The number of nitrogens with zero attached hydrogens (tertiary/aromatic N) is 1. The zero-order valence-electron chi connectivity index (χ0n) is 16.9. The number of aromatic nitrogens is 1. The third-order valence-corrected chi connectivity index (χ3v) is 6.09. The number of thiazole rings is 1. The van der Waals surface area contributed by atoms with Crippen LogP contribution in [0.1, 0.15) is 29.1 Å². The van der Waals surface area contributed by atoms with Crippen LogP contribution in [0.15, 0.2) is 42.5 Å². The van der Waals surface area contributed by atoms with E-state index in [1.807, 2.05) is 44.3 Å². The Balaban J connectivity index is 1.44. The molecule has 0 saturated carbocycles. The number of ether oxygens (including phenoxy) is 1. The van der Waals surface area contributed by atoms with Crippen LogP contribution in [-0.4, -0.2) is 37.6 Å². The smallest absolute Gasteiger partial charge is 0.275 e. The van der Waals surface area contributed by atoms with Crippen LogP contribution in [0.25, 0.3) is 10.2 Å². The SMILES string of the molecule is Cc1ccc(OCCNC(=O)C[NH+](C)[C@H](C)c2nc3ccccc3s2)c(C)c1. The first-order valence-corrected chi connectivity index (χ1v) is 10.4. The summed E-state index contributed by atoms with van der Waals surface area (Å²) in [5.41, 5.74) is 3.35. The van der Waals surface area contributed by atoms with Crippen LogP contribution in [0.3, 0.4) is 0 Å². The quantitative estimate of drug-likeness (QED) is 0.574. The van der Waals surface area contributed by atoms with Gasteiger partial charge in [-0.2, -0.15) is 0 Å². The molecule has 0 bridgehead atoms. The Labute approximate surface area is 170 Å². The molecule has 1 heterocycles. The molecule has 0 radical (unpaired) electrons. The number of benzene rings is 2. The van der Waals surface area contributed by atoms with Gasteiger partial charge < -0.3 is 15.0 Å². The van der Waals surface area contributed by atoms with E-state index in [1.165, 1.54) is 10.3 Å². The van der Waals surface area contributed by atoms with Crippen molar-refractivity contribution < 1.29 is 14.4 Å². The van der Waals surface area contributed by atoms with Crippen molar-refractivity contribution in [3.63, 3.8) is 0 Å². The van der Waals surface area contributed by atoms with E-state index in [-0.39, 0.29) is 11.9 Å². The van der Waals surface area contributed by atoms with Crippen molar-refractivity contribution in [2.24, 2.45) is 0 Å². The second-order valence-corrected chi connectivity index (χ2v) is 8.29. The van der Waals surface area contributed by atoms with Crippen LogP contribution in [0, 0.1) is 13.8 Å². The number of rotatable bonds is 8. The van der Waals surface area contributed by atoms with Crippen LogP contribution in [0.4, 0.5) is 0 Å². The van der Waals surface area contributed by atoms with Crippen molar-refractivity contribution in [1.82, 2.24) is 10.3 Å². The van der Waals surface area contributed by atoms with Crippen LogP contribution in [-0.2, 0) is 4.79 Å². The predicted octanol–water partition coefficient (Wildman–Crippen LogP) is 2.68. The Bertz CT molecular complexity index is 921. The molecule has 28 heavy (non-hydrogen) atoms. The molecule has 6 heteroatoms. The highest BCUT2D eigenvalue weighted by atomic mass is 32.1. The number of nitrogens with one attached hydrogen (secondary N) is 2. The molecule has 1 unspecified atom stereocenters. The maximum Gasteiger partial charge on any atom is 0.275 e. The first kappa shape index (κ1) is 20.3. The maximum absolute atomic E-state index is 12.3. The third kappa shape index (κ3) is 5.09. The van der Waals surface area contributed by atoms with Gasteiger partial charge in [-0.1, -0.05) is 29.8 Å². The molecule has 148 valence electrons. The largest absolute Gasteiger partial charge is 0.491 e. The number of amides is 1. The number of hydrogen-bond acceptors (Lipinski definition) is 4. The molecule has 0 fully saturated rings. The summed E-state index contributed by atoms with van der Waals surface area (Å²) in [7, 11) is 2.03. The molecular weight excluding hydrogens is 370 g/mol. The number of hydrogen-bond donors (Lipinski definition) is 2. The zero-order valence-corrected chi connectivity index (χ0v) is 17.7. The second-order valence-electron chi connectivity index (χ2n) is 7.23. The van der Waals surface area contributed by atoms with E-state index in [0.717, 1.165) is 26.7 Å². The van der Waals surface area contributed by atoms with E-state index < -0.39 is 0 Å². The summed E-state index contributed by atoms with van der Waals surface area (Å²) in [5.74, 6) is 0.890. The van der Waals surface area contributed by atoms with E-state index in [9.17, 15) is 4.79 Å². The number of para-hydroxylation sites is 1. The van der Waals surface area contributed by atoms with Gasteiger partial charge >= 0.3 is 0 Å². The Hall–Kier alpha value is -2.44. The average Bonchev–Trinajstić information content (AvgIpc) is 3.10. The highest BCUT2D eigenvalue weighted by Crippen LogP contribution is 2.24. The van der Waals surface area contributed by atoms with Crippen LogP contribution >= 0.6 is 11.3 Å². The maximum atomic E-state index is 12.3. The molecular formula is C22H28N3O2S+. The minimum Gasteiger partial charge on any atom is -0.491 e. The van der Waals surface area contributed by atoms with Crippen LogP contribution in [0.5, 0.6) is 5.75 Å². The van der Waals surface area contributed by atoms with Crippen molar-refractivity contribution >= 4 is 27.5 Å². The van der Waals surface area contributed by atoms with E-state index in [4.69, 9.17) is 9.72 Å². The monoisotopic (exact) mass is 398 g/mol. The Kier molecular flexibility index (Phi) is 6.65. The van der Waals surface area contributed by atoms with Crippen molar-refractivity contribution in [2.45, 2.75) is 26.8 Å². The minimum atomic E-state index is 0.0229. The van der Waals surface area contributed by atoms with Gasteiger partial charge in [-0.3, -0.25) is 4.79 Å². The fourth-order valence-electron chi connectivity index (χ4n) is 3.07. The Morgan fingerprint density at radius 1 is 1.25 bits per heavy atom. The molecule has 1 aromatic heterocycles.